The Labute approximate surface area is 157 Å². The highest BCUT2D eigenvalue weighted by molar-refractivity contribution is 6.30. The molecule has 1 N–H and O–H groups in total. The Kier molecular flexibility index (Phi) is 4.70. The third-order valence-corrected chi connectivity index (χ3v) is 5.19. The normalized spacial score (nSPS) is 17.7. The maximum Gasteiger partial charge on any atom is 0.123 e. The fourth-order valence-electron chi connectivity index (χ4n) is 3.74. The standard InChI is InChI=1S/C21H20ClFN2O/c22-17-6-9-20(26)16(13-17)14-25-12-2-11-24-10-1-3-19(24)21(25)15-4-7-18(23)8-5-15/h1,3-10,13,21,26H,2,11-12,14H2. The van der Waals surface area contributed by atoms with E-state index in [1.54, 1.807) is 12.1 Å². The van der Waals surface area contributed by atoms with Crippen molar-refractivity contribution >= 4 is 11.6 Å². The molecule has 0 fully saturated rings. The fourth-order valence-corrected chi connectivity index (χ4v) is 3.93. The third kappa shape index (κ3) is 3.35. The monoisotopic (exact) mass is 370 g/mol. The molecule has 0 radical (unpaired) electrons. The maximum atomic E-state index is 13.4. The summed E-state index contributed by atoms with van der Waals surface area (Å²) in [7, 11) is 0. The number of fused-ring (bicyclic) bond motifs is 1. The predicted molar refractivity (Wildman–Crippen MR) is 101 cm³/mol. The lowest BCUT2D eigenvalue weighted by atomic mass is 10.0. The molecule has 0 saturated carbocycles. The van der Waals surface area contributed by atoms with E-state index in [1.807, 2.05) is 24.3 Å². The number of benzene rings is 2. The van der Waals surface area contributed by atoms with Gasteiger partial charge in [-0.15, -0.1) is 0 Å². The van der Waals surface area contributed by atoms with Crippen molar-refractivity contribution in [1.29, 1.82) is 0 Å². The van der Waals surface area contributed by atoms with Gasteiger partial charge < -0.3 is 9.67 Å². The number of hydrogen-bond acceptors (Lipinski definition) is 2. The van der Waals surface area contributed by atoms with E-state index in [1.165, 1.54) is 17.8 Å². The molecule has 3 aromatic rings. The van der Waals surface area contributed by atoms with Crippen molar-refractivity contribution in [2.45, 2.75) is 25.6 Å². The first kappa shape index (κ1) is 17.1. The largest absolute Gasteiger partial charge is 0.508 e. The quantitative estimate of drug-likeness (QED) is 0.704. The van der Waals surface area contributed by atoms with Crippen LogP contribution in [0.15, 0.2) is 60.8 Å². The summed E-state index contributed by atoms with van der Waals surface area (Å²) in [6.07, 6.45) is 3.09. The van der Waals surface area contributed by atoms with E-state index in [-0.39, 0.29) is 17.6 Å². The molecular formula is C21H20ClFN2O. The molecule has 0 aliphatic carbocycles. The molecule has 1 aromatic heterocycles. The summed E-state index contributed by atoms with van der Waals surface area (Å²) in [6, 6.07) is 16.0. The van der Waals surface area contributed by atoms with Crippen molar-refractivity contribution in [3.63, 3.8) is 0 Å². The molecule has 5 heteroatoms. The van der Waals surface area contributed by atoms with Gasteiger partial charge in [0, 0.05) is 42.1 Å². The molecule has 0 spiro atoms. The van der Waals surface area contributed by atoms with E-state index in [2.05, 4.69) is 21.7 Å². The molecule has 1 unspecified atom stereocenters. The second kappa shape index (κ2) is 7.14. The number of halogens is 2. The first-order valence-electron chi connectivity index (χ1n) is 8.74. The lowest BCUT2D eigenvalue weighted by molar-refractivity contribution is 0.217. The van der Waals surface area contributed by atoms with Gasteiger partial charge in [-0.1, -0.05) is 23.7 Å². The van der Waals surface area contributed by atoms with Crippen molar-refractivity contribution in [2.75, 3.05) is 6.54 Å². The Hall–Kier alpha value is -2.30. The molecule has 1 aliphatic rings. The molecular weight excluding hydrogens is 351 g/mol. The number of phenolic OH excluding ortho intramolecular Hbond substituents is 1. The lowest BCUT2D eigenvalue weighted by Crippen LogP contribution is -2.29. The van der Waals surface area contributed by atoms with Gasteiger partial charge in [0.2, 0.25) is 0 Å². The van der Waals surface area contributed by atoms with Gasteiger partial charge in [0.15, 0.2) is 0 Å². The number of rotatable bonds is 3. The molecule has 0 saturated heterocycles. The highest BCUT2D eigenvalue weighted by Crippen LogP contribution is 2.34. The van der Waals surface area contributed by atoms with Gasteiger partial charge in [-0.2, -0.15) is 0 Å². The highest BCUT2D eigenvalue weighted by atomic mass is 35.5. The van der Waals surface area contributed by atoms with Crippen LogP contribution in [0, 0.1) is 5.82 Å². The Morgan fingerprint density at radius 2 is 1.88 bits per heavy atom. The van der Waals surface area contributed by atoms with E-state index < -0.39 is 0 Å². The molecule has 2 heterocycles. The van der Waals surface area contributed by atoms with Crippen LogP contribution in [-0.4, -0.2) is 21.1 Å². The molecule has 1 aliphatic heterocycles. The van der Waals surface area contributed by atoms with Crippen LogP contribution in [0.3, 0.4) is 0 Å². The third-order valence-electron chi connectivity index (χ3n) is 4.96. The second-order valence-electron chi connectivity index (χ2n) is 6.68. The molecule has 2 aromatic carbocycles. The van der Waals surface area contributed by atoms with Crippen molar-refractivity contribution in [3.05, 3.63) is 88.5 Å². The Morgan fingerprint density at radius 3 is 2.69 bits per heavy atom. The summed E-state index contributed by atoms with van der Waals surface area (Å²) < 4.78 is 15.7. The molecule has 4 rings (SSSR count). The summed E-state index contributed by atoms with van der Waals surface area (Å²) in [5.41, 5.74) is 3.01. The summed E-state index contributed by atoms with van der Waals surface area (Å²) in [4.78, 5) is 2.32. The maximum absolute atomic E-state index is 13.4. The van der Waals surface area contributed by atoms with Crippen LogP contribution in [0.2, 0.25) is 5.02 Å². The van der Waals surface area contributed by atoms with Gasteiger partial charge in [-0.25, -0.2) is 4.39 Å². The van der Waals surface area contributed by atoms with E-state index >= 15 is 0 Å². The average Bonchev–Trinajstić information content (AvgIpc) is 3.01. The number of aryl methyl sites for hydroxylation is 1. The summed E-state index contributed by atoms with van der Waals surface area (Å²) in [5, 5.41) is 10.9. The summed E-state index contributed by atoms with van der Waals surface area (Å²) >= 11 is 6.13. The van der Waals surface area contributed by atoms with Crippen molar-refractivity contribution in [2.24, 2.45) is 0 Å². The van der Waals surface area contributed by atoms with Crippen LogP contribution in [0.25, 0.3) is 0 Å². The van der Waals surface area contributed by atoms with Crippen LogP contribution in [0.4, 0.5) is 4.39 Å². The minimum atomic E-state index is -0.239. The smallest absolute Gasteiger partial charge is 0.123 e. The molecule has 26 heavy (non-hydrogen) atoms. The SMILES string of the molecule is Oc1ccc(Cl)cc1CN1CCCn2cccc2C1c1ccc(F)cc1. The zero-order valence-electron chi connectivity index (χ0n) is 14.3. The van der Waals surface area contributed by atoms with E-state index in [0.717, 1.165) is 30.6 Å². The van der Waals surface area contributed by atoms with Gasteiger partial charge in [0.05, 0.1) is 6.04 Å². The lowest BCUT2D eigenvalue weighted by Gasteiger charge is -2.31. The first-order valence-corrected chi connectivity index (χ1v) is 9.11. The van der Waals surface area contributed by atoms with E-state index in [4.69, 9.17) is 11.6 Å². The Bertz CT molecular complexity index is 907. The fraction of sp³-hybridized carbons (Fsp3) is 0.238. The van der Waals surface area contributed by atoms with Gasteiger partial charge >= 0.3 is 0 Å². The predicted octanol–water partition coefficient (Wildman–Crippen LogP) is 4.98. The molecule has 3 nitrogen and oxygen atoms in total. The number of hydrogen-bond donors (Lipinski definition) is 1. The minimum Gasteiger partial charge on any atom is -0.508 e. The Morgan fingerprint density at radius 1 is 1.08 bits per heavy atom. The number of aromatic hydroxyl groups is 1. The van der Waals surface area contributed by atoms with Crippen LogP contribution in [-0.2, 0) is 13.1 Å². The van der Waals surface area contributed by atoms with E-state index in [9.17, 15) is 9.50 Å². The number of aromatic nitrogens is 1. The number of nitrogens with zero attached hydrogens (tertiary/aromatic N) is 2. The van der Waals surface area contributed by atoms with Gasteiger partial charge in [-0.05, 0) is 54.4 Å². The van der Waals surface area contributed by atoms with Crippen molar-refractivity contribution < 1.29 is 9.50 Å². The summed E-state index contributed by atoms with van der Waals surface area (Å²) in [6.45, 7) is 2.38. The zero-order valence-corrected chi connectivity index (χ0v) is 15.0. The average molecular weight is 371 g/mol. The topological polar surface area (TPSA) is 28.4 Å². The molecule has 134 valence electrons. The molecule has 0 bridgehead atoms. The van der Waals surface area contributed by atoms with Gasteiger partial charge in [-0.3, -0.25) is 4.90 Å². The second-order valence-corrected chi connectivity index (χ2v) is 7.11. The van der Waals surface area contributed by atoms with Crippen LogP contribution in [0.5, 0.6) is 5.75 Å². The number of phenols is 1. The summed E-state index contributed by atoms with van der Waals surface area (Å²) in [5.74, 6) is 0.00340. The Balaban J connectivity index is 1.75. The van der Waals surface area contributed by atoms with Gasteiger partial charge in [0.25, 0.3) is 0 Å². The molecule has 1 atom stereocenters. The zero-order chi connectivity index (χ0) is 18.1. The van der Waals surface area contributed by atoms with Crippen molar-refractivity contribution in [1.82, 2.24) is 9.47 Å². The highest BCUT2D eigenvalue weighted by Gasteiger charge is 2.28. The van der Waals surface area contributed by atoms with Crippen molar-refractivity contribution in [3.8, 4) is 5.75 Å². The van der Waals surface area contributed by atoms with Crippen LogP contribution < -0.4 is 0 Å². The van der Waals surface area contributed by atoms with Crippen LogP contribution in [0.1, 0.15) is 29.3 Å². The molecule has 0 amide bonds. The minimum absolute atomic E-state index is 0.00789. The van der Waals surface area contributed by atoms with Gasteiger partial charge in [0.1, 0.15) is 11.6 Å². The van der Waals surface area contributed by atoms with Crippen LogP contribution >= 0.6 is 11.6 Å². The van der Waals surface area contributed by atoms with E-state index in [0.29, 0.717) is 11.6 Å². The first-order chi connectivity index (χ1) is 12.6.